The third kappa shape index (κ3) is 4.32. The molecule has 6 heteroatoms. The van der Waals surface area contributed by atoms with Gasteiger partial charge in [0.1, 0.15) is 0 Å². The molecule has 21 heavy (non-hydrogen) atoms. The van der Waals surface area contributed by atoms with Crippen molar-refractivity contribution in [3.05, 3.63) is 29.8 Å². The summed E-state index contributed by atoms with van der Waals surface area (Å²) in [5.74, 6) is 0.900. The van der Waals surface area contributed by atoms with Gasteiger partial charge in [0.15, 0.2) is 0 Å². The van der Waals surface area contributed by atoms with Crippen LogP contribution >= 0.6 is 0 Å². The Kier molecular flexibility index (Phi) is 5.80. The van der Waals surface area contributed by atoms with E-state index in [2.05, 4.69) is 33.1 Å². The molecule has 2 rings (SSSR count). The molecule has 0 aliphatic heterocycles. The van der Waals surface area contributed by atoms with Gasteiger partial charge in [-0.3, -0.25) is 4.68 Å². The number of anilines is 1. The van der Waals surface area contributed by atoms with Gasteiger partial charge in [-0.1, -0.05) is 6.92 Å². The highest BCUT2D eigenvalue weighted by molar-refractivity contribution is 5.28. The van der Waals surface area contributed by atoms with Crippen molar-refractivity contribution >= 4 is 5.95 Å². The van der Waals surface area contributed by atoms with Crippen molar-refractivity contribution in [1.82, 2.24) is 19.3 Å². The molecule has 0 aliphatic carbocycles. The molecule has 0 fully saturated rings. The highest BCUT2D eigenvalue weighted by Gasteiger charge is 2.09. The third-order valence-electron chi connectivity index (χ3n) is 3.34. The number of hydrogen-bond donors (Lipinski definition) is 1. The summed E-state index contributed by atoms with van der Waals surface area (Å²) in [6.07, 6.45) is 7.83. The number of rotatable bonds is 9. The fraction of sp³-hybridized carbons (Fsp3) is 0.600. The van der Waals surface area contributed by atoms with Gasteiger partial charge < -0.3 is 14.6 Å². The maximum Gasteiger partial charge on any atom is 0.203 e. The summed E-state index contributed by atoms with van der Waals surface area (Å²) in [4.78, 5) is 4.38. The van der Waals surface area contributed by atoms with Gasteiger partial charge in [0.05, 0.1) is 12.2 Å². The van der Waals surface area contributed by atoms with Crippen LogP contribution < -0.4 is 5.32 Å². The third-order valence-corrected chi connectivity index (χ3v) is 3.34. The molecular formula is C15H25N5O. The predicted molar refractivity (Wildman–Crippen MR) is 83.5 cm³/mol. The topological polar surface area (TPSA) is 56.9 Å². The number of imidazole rings is 1. The molecule has 2 aromatic heterocycles. The molecule has 0 radical (unpaired) electrons. The molecule has 0 aliphatic rings. The van der Waals surface area contributed by atoms with E-state index in [0.717, 1.165) is 50.8 Å². The predicted octanol–water partition coefficient (Wildman–Crippen LogP) is 2.07. The lowest BCUT2D eigenvalue weighted by Crippen LogP contribution is -2.11. The minimum absolute atomic E-state index is 0.773. The quantitative estimate of drug-likeness (QED) is 0.719. The lowest BCUT2D eigenvalue weighted by Gasteiger charge is -2.09. The van der Waals surface area contributed by atoms with E-state index in [0.29, 0.717) is 0 Å². The standard InChI is InChI=1S/C15H25N5O/c1-4-14-13(11-19(3)18-14)12-20-9-8-17-15(20)16-7-6-10-21-5-2/h8-9,11H,4-7,10,12H2,1-3H3,(H,16,17). The zero-order chi connectivity index (χ0) is 15.1. The Labute approximate surface area is 126 Å². The van der Waals surface area contributed by atoms with Crippen molar-refractivity contribution in [2.24, 2.45) is 7.05 Å². The molecular weight excluding hydrogens is 266 g/mol. The van der Waals surface area contributed by atoms with Gasteiger partial charge >= 0.3 is 0 Å². The van der Waals surface area contributed by atoms with E-state index in [4.69, 9.17) is 4.74 Å². The van der Waals surface area contributed by atoms with Crippen LogP contribution in [0.1, 0.15) is 31.5 Å². The summed E-state index contributed by atoms with van der Waals surface area (Å²) in [5.41, 5.74) is 2.39. The van der Waals surface area contributed by atoms with Crippen LogP contribution in [0.15, 0.2) is 18.6 Å². The Morgan fingerprint density at radius 3 is 2.95 bits per heavy atom. The minimum atomic E-state index is 0.773. The second kappa shape index (κ2) is 7.83. The first-order valence-electron chi connectivity index (χ1n) is 7.58. The van der Waals surface area contributed by atoms with Gasteiger partial charge in [-0.25, -0.2) is 4.98 Å². The Balaban J connectivity index is 1.93. The molecule has 0 saturated carbocycles. The molecule has 0 saturated heterocycles. The van der Waals surface area contributed by atoms with Gasteiger partial charge in [-0.15, -0.1) is 0 Å². The lowest BCUT2D eigenvalue weighted by molar-refractivity contribution is 0.147. The first kappa shape index (κ1) is 15.6. The fourth-order valence-corrected chi connectivity index (χ4v) is 2.32. The Morgan fingerprint density at radius 1 is 1.33 bits per heavy atom. The molecule has 116 valence electrons. The zero-order valence-corrected chi connectivity index (χ0v) is 13.2. The molecule has 6 nitrogen and oxygen atoms in total. The van der Waals surface area contributed by atoms with Crippen LogP contribution in [0.25, 0.3) is 0 Å². The van der Waals surface area contributed by atoms with E-state index in [-0.39, 0.29) is 0 Å². The van der Waals surface area contributed by atoms with Crippen LogP contribution in [0.2, 0.25) is 0 Å². The summed E-state index contributed by atoms with van der Waals surface area (Å²) in [6.45, 7) is 7.36. The SMILES string of the molecule is CCOCCCNc1nccn1Cc1cn(C)nc1CC. The van der Waals surface area contributed by atoms with Crippen LogP contribution in [-0.2, 0) is 24.8 Å². The molecule has 2 aromatic rings. The number of aromatic nitrogens is 4. The lowest BCUT2D eigenvalue weighted by atomic mass is 10.2. The highest BCUT2D eigenvalue weighted by Crippen LogP contribution is 2.13. The van der Waals surface area contributed by atoms with Crippen LogP contribution in [0.5, 0.6) is 0 Å². The highest BCUT2D eigenvalue weighted by atomic mass is 16.5. The Morgan fingerprint density at radius 2 is 2.19 bits per heavy atom. The van der Waals surface area contributed by atoms with Crippen molar-refractivity contribution in [3.8, 4) is 0 Å². The Bertz CT molecular complexity index is 546. The smallest absolute Gasteiger partial charge is 0.203 e. The fourth-order valence-electron chi connectivity index (χ4n) is 2.32. The van der Waals surface area contributed by atoms with Gasteiger partial charge in [0, 0.05) is 51.0 Å². The summed E-state index contributed by atoms with van der Waals surface area (Å²) in [5, 5.41) is 7.84. The molecule has 0 amide bonds. The first-order valence-corrected chi connectivity index (χ1v) is 7.58. The number of ether oxygens (including phenoxy) is 1. The van der Waals surface area contributed by atoms with Crippen molar-refractivity contribution in [2.45, 2.75) is 33.2 Å². The van der Waals surface area contributed by atoms with E-state index in [1.54, 1.807) is 0 Å². The average Bonchev–Trinajstić information content (AvgIpc) is 3.05. The maximum atomic E-state index is 5.33. The zero-order valence-electron chi connectivity index (χ0n) is 13.2. The number of nitrogens with zero attached hydrogens (tertiary/aromatic N) is 4. The molecule has 0 spiro atoms. The molecule has 0 aromatic carbocycles. The Hall–Kier alpha value is -1.82. The van der Waals surface area contributed by atoms with Crippen molar-refractivity contribution in [2.75, 3.05) is 25.1 Å². The second-order valence-electron chi connectivity index (χ2n) is 4.98. The number of nitrogens with one attached hydrogen (secondary N) is 1. The van der Waals surface area contributed by atoms with Gasteiger partial charge in [-0.05, 0) is 19.8 Å². The minimum Gasteiger partial charge on any atom is -0.382 e. The normalized spacial score (nSPS) is 11.0. The largest absolute Gasteiger partial charge is 0.382 e. The molecule has 2 heterocycles. The van der Waals surface area contributed by atoms with Gasteiger partial charge in [0.2, 0.25) is 5.95 Å². The van der Waals surface area contributed by atoms with E-state index in [1.807, 2.05) is 31.0 Å². The summed E-state index contributed by atoms with van der Waals surface area (Å²) in [6, 6.07) is 0. The van der Waals surface area contributed by atoms with Crippen LogP contribution in [0.4, 0.5) is 5.95 Å². The summed E-state index contributed by atoms with van der Waals surface area (Å²) >= 11 is 0. The van der Waals surface area contributed by atoms with E-state index < -0.39 is 0 Å². The molecule has 0 bridgehead atoms. The van der Waals surface area contributed by atoms with E-state index >= 15 is 0 Å². The van der Waals surface area contributed by atoms with E-state index in [9.17, 15) is 0 Å². The van der Waals surface area contributed by atoms with Crippen LogP contribution in [0, 0.1) is 0 Å². The number of aryl methyl sites for hydroxylation is 2. The molecule has 0 atom stereocenters. The summed E-state index contributed by atoms with van der Waals surface area (Å²) < 4.78 is 9.33. The molecule has 1 N–H and O–H groups in total. The van der Waals surface area contributed by atoms with Crippen LogP contribution in [0.3, 0.4) is 0 Å². The van der Waals surface area contributed by atoms with Crippen molar-refractivity contribution in [3.63, 3.8) is 0 Å². The maximum absolute atomic E-state index is 5.33. The first-order chi connectivity index (χ1) is 10.2. The average molecular weight is 291 g/mol. The van der Waals surface area contributed by atoms with Gasteiger partial charge in [-0.2, -0.15) is 5.10 Å². The summed E-state index contributed by atoms with van der Waals surface area (Å²) in [7, 11) is 1.96. The van der Waals surface area contributed by atoms with Crippen molar-refractivity contribution in [1.29, 1.82) is 0 Å². The number of hydrogen-bond acceptors (Lipinski definition) is 4. The molecule has 0 unspecified atom stereocenters. The van der Waals surface area contributed by atoms with Crippen molar-refractivity contribution < 1.29 is 4.74 Å². The van der Waals surface area contributed by atoms with E-state index in [1.165, 1.54) is 5.56 Å². The van der Waals surface area contributed by atoms with Crippen LogP contribution in [-0.4, -0.2) is 39.1 Å². The second-order valence-corrected chi connectivity index (χ2v) is 4.98. The monoisotopic (exact) mass is 291 g/mol. The van der Waals surface area contributed by atoms with Gasteiger partial charge in [0.25, 0.3) is 0 Å².